The van der Waals surface area contributed by atoms with E-state index in [1.165, 1.54) is 0 Å². The Hall–Kier alpha value is -3.28. The van der Waals surface area contributed by atoms with E-state index in [2.05, 4.69) is 5.32 Å². The van der Waals surface area contributed by atoms with E-state index in [9.17, 15) is 9.59 Å². The second-order valence-electron chi connectivity index (χ2n) is 6.46. The molecule has 1 atom stereocenters. The van der Waals surface area contributed by atoms with Crippen molar-refractivity contribution >= 4 is 22.8 Å². The summed E-state index contributed by atoms with van der Waals surface area (Å²) in [5.41, 5.74) is 1.15. The molecule has 6 nitrogen and oxygen atoms in total. The average molecular weight is 381 g/mol. The van der Waals surface area contributed by atoms with Crippen LogP contribution < -0.4 is 10.1 Å². The highest BCUT2D eigenvalue weighted by Gasteiger charge is 2.23. The summed E-state index contributed by atoms with van der Waals surface area (Å²) in [7, 11) is 0. The van der Waals surface area contributed by atoms with Gasteiger partial charge in [0.2, 0.25) is 5.76 Å². The Morgan fingerprint density at radius 1 is 1.07 bits per heavy atom. The number of para-hydroxylation sites is 2. The molecule has 0 saturated heterocycles. The van der Waals surface area contributed by atoms with Crippen LogP contribution in [-0.2, 0) is 16.1 Å². The standard InChI is InChI=1S/C22H23NO5/c1-3-15(2)23-20(24)14-27-22(25)21-18(13-26-16-9-5-4-6-10-16)17-11-7-8-12-19(17)28-21/h4-12,15H,3,13-14H2,1-2H3,(H,23,24)/t15-/m1/s1. The minimum Gasteiger partial charge on any atom is -0.489 e. The summed E-state index contributed by atoms with van der Waals surface area (Å²) < 4.78 is 16.6. The number of carbonyl (C=O) groups is 2. The lowest BCUT2D eigenvalue weighted by Gasteiger charge is -2.11. The molecule has 1 amide bonds. The van der Waals surface area contributed by atoms with Crippen molar-refractivity contribution in [3.63, 3.8) is 0 Å². The van der Waals surface area contributed by atoms with Gasteiger partial charge in [0, 0.05) is 11.4 Å². The quantitative estimate of drug-likeness (QED) is 0.595. The Bertz CT molecular complexity index is 948. The van der Waals surface area contributed by atoms with Crippen LogP contribution in [0.3, 0.4) is 0 Å². The number of fused-ring (bicyclic) bond motifs is 1. The first-order chi connectivity index (χ1) is 13.6. The summed E-state index contributed by atoms with van der Waals surface area (Å²) in [6.07, 6.45) is 0.796. The van der Waals surface area contributed by atoms with Gasteiger partial charge < -0.3 is 19.2 Å². The molecule has 3 aromatic rings. The molecule has 0 bridgehead atoms. The van der Waals surface area contributed by atoms with Gasteiger partial charge in [-0.3, -0.25) is 4.79 Å². The summed E-state index contributed by atoms with van der Waals surface area (Å²) in [6.45, 7) is 3.63. The lowest BCUT2D eigenvalue weighted by molar-refractivity contribution is -0.124. The zero-order chi connectivity index (χ0) is 19.9. The van der Waals surface area contributed by atoms with E-state index in [0.717, 1.165) is 11.8 Å². The number of ether oxygens (including phenoxy) is 2. The fraction of sp³-hybridized carbons (Fsp3) is 0.273. The van der Waals surface area contributed by atoms with Gasteiger partial charge in [0.15, 0.2) is 6.61 Å². The minimum absolute atomic E-state index is 0.0206. The molecule has 0 fully saturated rings. The van der Waals surface area contributed by atoms with Crippen molar-refractivity contribution in [3.05, 3.63) is 65.9 Å². The number of hydrogen-bond acceptors (Lipinski definition) is 5. The molecule has 0 unspecified atom stereocenters. The van der Waals surface area contributed by atoms with E-state index >= 15 is 0 Å². The Balaban J connectivity index is 1.76. The summed E-state index contributed by atoms with van der Waals surface area (Å²) in [5, 5.41) is 3.53. The second kappa shape index (κ2) is 9.08. The first-order valence-corrected chi connectivity index (χ1v) is 9.23. The largest absolute Gasteiger partial charge is 0.489 e. The van der Waals surface area contributed by atoms with Gasteiger partial charge in [-0.15, -0.1) is 0 Å². The molecule has 6 heteroatoms. The zero-order valence-electron chi connectivity index (χ0n) is 15.9. The minimum atomic E-state index is -0.692. The van der Waals surface area contributed by atoms with E-state index in [-0.39, 0.29) is 30.9 Å². The predicted octanol–water partition coefficient (Wildman–Crippen LogP) is 4.08. The highest BCUT2D eigenvalue weighted by Crippen LogP contribution is 2.28. The van der Waals surface area contributed by atoms with Gasteiger partial charge in [-0.05, 0) is 31.5 Å². The maximum atomic E-state index is 12.6. The Kier molecular flexibility index (Phi) is 6.32. The van der Waals surface area contributed by atoms with Crippen LogP contribution >= 0.6 is 0 Å². The third-order valence-corrected chi connectivity index (χ3v) is 4.36. The van der Waals surface area contributed by atoms with Crippen molar-refractivity contribution in [3.8, 4) is 5.75 Å². The monoisotopic (exact) mass is 381 g/mol. The Morgan fingerprint density at radius 3 is 2.54 bits per heavy atom. The molecule has 146 valence electrons. The number of furan rings is 1. The van der Waals surface area contributed by atoms with Gasteiger partial charge in [0.05, 0.1) is 5.56 Å². The molecule has 1 aromatic heterocycles. The summed E-state index contributed by atoms with van der Waals surface area (Å²) in [4.78, 5) is 24.4. The third kappa shape index (κ3) is 4.71. The van der Waals surface area contributed by atoms with E-state index in [1.54, 1.807) is 6.07 Å². The lowest BCUT2D eigenvalue weighted by Crippen LogP contribution is -2.35. The van der Waals surface area contributed by atoms with E-state index in [4.69, 9.17) is 13.9 Å². The molecular weight excluding hydrogens is 358 g/mol. The first kappa shape index (κ1) is 19.5. The van der Waals surface area contributed by atoms with E-state index < -0.39 is 5.97 Å². The first-order valence-electron chi connectivity index (χ1n) is 9.23. The molecule has 0 saturated carbocycles. The summed E-state index contributed by atoms with van der Waals surface area (Å²) in [5.74, 6) is -0.309. The summed E-state index contributed by atoms with van der Waals surface area (Å²) in [6, 6.07) is 16.6. The van der Waals surface area contributed by atoms with Crippen LogP contribution in [0.2, 0.25) is 0 Å². The lowest BCUT2D eigenvalue weighted by atomic mass is 10.1. The molecule has 3 rings (SSSR count). The molecule has 0 aliphatic rings. The molecule has 0 radical (unpaired) electrons. The van der Waals surface area contributed by atoms with Crippen LogP contribution in [0.5, 0.6) is 5.75 Å². The van der Waals surface area contributed by atoms with Gasteiger partial charge in [-0.25, -0.2) is 4.79 Å². The van der Waals surface area contributed by atoms with Crippen molar-refractivity contribution < 1.29 is 23.5 Å². The van der Waals surface area contributed by atoms with E-state index in [1.807, 2.05) is 62.4 Å². The number of hydrogen-bond donors (Lipinski definition) is 1. The topological polar surface area (TPSA) is 77.8 Å². The fourth-order valence-electron chi connectivity index (χ4n) is 2.69. The van der Waals surface area contributed by atoms with Crippen LogP contribution in [0.15, 0.2) is 59.0 Å². The van der Waals surface area contributed by atoms with Gasteiger partial charge in [0.25, 0.3) is 5.91 Å². The molecule has 2 aromatic carbocycles. The fourth-order valence-corrected chi connectivity index (χ4v) is 2.69. The Morgan fingerprint density at radius 2 is 1.79 bits per heavy atom. The van der Waals surface area contributed by atoms with Gasteiger partial charge in [-0.1, -0.05) is 43.3 Å². The van der Waals surface area contributed by atoms with Crippen molar-refractivity contribution in [2.24, 2.45) is 0 Å². The third-order valence-electron chi connectivity index (χ3n) is 4.36. The Labute approximate surface area is 163 Å². The smallest absolute Gasteiger partial charge is 0.375 e. The van der Waals surface area contributed by atoms with Crippen LogP contribution in [0.25, 0.3) is 11.0 Å². The van der Waals surface area contributed by atoms with Crippen LogP contribution in [0.4, 0.5) is 0 Å². The molecule has 1 N–H and O–H groups in total. The predicted molar refractivity (Wildman–Crippen MR) is 105 cm³/mol. The van der Waals surface area contributed by atoms with E-state index in [0.29, 0.717) is 16.9 Å². The molecular formula is C22H23NO5. The van der Waals surface area contributed by atoms with Crippen LogP contribution in [0, 0.1) is 0 Å². The number of amides is 1. The number of rotatable bonds is 8. The van der Waals surface area contributed by atoms with Gasteiger partial charge >= 0.3 is 5.97 Å². The molecule has 0 aliphatic heterocycles. The zero-order valence-corrected chi connectivity index (χ0v) is 15.9. The van der Waals surface area contributed by atoms with Crippen molar-refractivity contribution in [1.82, 2.24) is 5.32 Å². The maximum Gasteiger partial charge on any atom is 0.375 e. The van der Waals surface area contributed by atoms with Crippen molar-refractivity contribution in [1.29, 1.82) is 0 Å². The second-order valence-corrected chi connectivity index (χ2v) is 6.46. The highest BCUT2D eigenvalue weighted by molar-refractivity contribution is 5.96. The van der Waals surface area contributed by atoms with Crippen molar-refractivity contribution in [2.45, 2.75) is 32.9 Å². The molecule has 0 aliphatic carbocycles. The normalized spacial score (nSPS) is 11.8. The number of benzene rings is 2. The van der Waals surface area contributed by atoms with Gasteiger partial charge in [-0.2, -0.15) is 0 Å². The molecule has 0 spiro atoms. The van der Waals surface area contributed by atoms with Crippen molar-refractivity contribution in [2.75, 3.05) is 6.61 Å². The van der Waals surface area contributed by atoms with Crippen LogP contribution in [0.1, 0.15) is 36.4 Å². The highest BCUT2D eigenvalue weighted by atomic mass is 16.5. The number of carbonyl (C=O) groups excluding carboxylic acids is 2. The molecule has 28 heavy (non-hydrogen) atoms. The number of esters is 1. The van der Waals surface area contributed by atoms with Gasteiger partial charge in [0.1, 0.15) is 17.9 Å². The SMILES string of the molecule is CC[C@@H](C)NC(=O)COC(=O)c1oc2ccccc2c1COc1ccccc1. The summed E-state index contributed by atoms with van der Waals surface area (Å²) >= 11 is 0. The molecule has 1 heterocycles. The maximum absolute atomic E-state index is 12.6. The average Bonchev–Trinajstić information content (AvgIpc) is 3.10. The van der Waals surface area contributed by atoms with Crippen LogP contribution in [-0.4, -0.2) is 24.5 Å². The number of nitrogens with one attached hydrogen (secondary N) is 1.